The van der Waals surface area contributed by atoms with Crippen LogP contribution in [-0.4, -0.2) is 32.7 Å². The van der Waals surface area contributed by atoms with Gasteiger partial charge in [0.1, 0.15) is 11.6 Å². The smallest absolute Gasteiger partial charge is 0.235 e. The molecule has 0 spiro atoms. The molecule has 0 fully saturated rings. The van der Waals surface area contributed by atoms with Crippen LogP contribution in [0.2, 0.25) is 0 Å². The van der Waals surface area contributed by atoms with Gasteiger partial charge >= 0.3 is 0 Å². The van der Waals surface area contributed by atoms with Crippen molar-refractivity contribution in [2.75, 3.05) is 7.05 Å². The van der Waals surface area contributed by atoms with Gasteiger partial charge in [0, 0.05) is 26.0 Å². The normalized spacial score (nSPS) is 12.0. The highest BCUT2D eigenvalue weighted by Gasteiger charge is 2.21. The second kappa shape index (κ2) is 8.35. The molecular formula is C20H19F2N3OS. The lowest BCUT2D eigenvalue weighted by Crippen LogP contribution is -2.33. The van der Waals surface area contributed by atoms with Crippen LogP contribution in [0.3, 0.4) is 0 Å². The monoisotopic (exact) mass is 387 g/mol. The molecule has 2 aromatic carbocycles. The fraction of sp³-hybridized carbons (Fsp3) is 0.200. The van der Waals surface area contributed by atoms with Crippen LogP contribution in [0.15, 0.2) is 66.1 Å². The number of carbonyl (C=O) groups is 1. The summed E-state index contributed by atoms with van der Waals surface area (Å²) in [4.78, 5) is 18.5. The fourth-order valence-corrected chi connectivity index (χ4v) is 3.70. The lowest BCUT2D eigenvalue weighted by molar-refractivity contribution is -0.129. The molecule has 0 aliphatic rings. The Balaban J connectivity index is 1.69. The summed E-state index contributed by atoms with van der Waals surface area (Å²) in [5, 5.41) is 0.193. The van der Waals surface area contributed by atoms with Crippen LogP contribution >= 0.6 is 11.8 Å². The molecule has 1 atom stereocenters. The first kappa shape index (κ1) is 19.1. The summed E-state index contributed by atoms with van der Waals surface area (Å²) in [5.74, 6) is -0.762. The van der Waals surface area contributed by atoms with Crippen molar-refractivity contribution in [3.63, 3.8) is 0 Å². The number of halogens is 2. The lowest BCUT2D eigenvalue weighted by Gasteiger charge is -2.21. The molecular weight excluding hydrogens is 368 g/mol. The number of amides is 1. The number of carbonyl (C=O) groups excluding carboxylic acids is 1. The van der Waals surface area contributed by atoms with Crippen LogP contribution in [0.25, 0.3) is 5.69 Å². The highest BCUT2D eigenvalue weighted by molar-refractivity contribution is 8.00. The number of hydrogen-bond acceptors (Lipinski definition) is 3. The van der Waals surface area contributed by atoms with Gasteiger partial charge < -0.3 is 4.90 Å². The second-order valence-electron chi connectivity index (χ2n) is 6.14. The van der Waals surface area contributed by atoms with Gasteiger partial charge in [0.15, 0.2) is 5.16 Å². The molecule has 0 aliphatic heterocycles. The van der Waals surface area contributed by atoms with Gasteiger partial charge in [0.25, 0.3) is 0 Å². The third kappa shape index (κ3) is 4.74. The molecule has 0 saturated carbocycles. The van der Waals surface area contributed by atoms with Gasteiger partial charge in [-0.3, -0.25) is 9.36 Å². The number of imidazole rings is 1. The van der Waals surface area contributed by atoms with Gasteiger partial charge in [-0.15, -0.1) is 0 Å². The molecule has 0 radical (unpaired) electrons. The highest BCUT2D eigenvalue weighted by Crippen LogP contribution is 2.26. The fourth-order valence-electron chi connectivity index (χ4n) is 2.71. The summed E-state index contributed by atoms with van der Waals surface area (Å²) in [6.07, 6.45) is 3.34. The van der Waals surface area contributed by atoms with E-state index in [9.17, 15) is 13.6 Å². The maximum absolute atomic E-state index is 13.5. The minimum Gasteiger partial charge on any atom is -0.340 e. The highest BCUT2D eigenvalue weighted by atomic mass is 32.2. The van der Waals surface area contributed by atoms with Crippen molar-refractivity contribution >= 4 is 17.7 Å². The molecule has 140 valence electrons. The quantitative estimate of drug-likeness (QED) is 0.592. The van der Waals surface area contributed by atoms with E-state index in [1.54, 1.807) is 60.1 Å². The van der Waals surface area contributed by atoms with Gasteiger partial charge in [0.2, 0.25) is 5.91 Å². The molecule has 27 heavy (non-hydrogen) atoms. The Bertz CT molecular complexity index is 944. The number of hydrogen-bond donors (Lipinski definition) is 0. The van der Waals surface area contributed by atoms with Gasteiger partial charge in [-0.25, -0.2) is 13.8 Å². The molecule has 3 rings (SSSR count). The van der Waals surface area contributed by atoms with Crippen molar-refractivity contribution in [3.8, 4) is 5.69 Å². The summed E-state index contributed by atoms with van der Waals surface area (Å²) in [6.45, 7) is 2.11. The molecule has 1 unspecified atom stereocenters. The molecule has 1 aromatic heterocycles. The largest absolute Gasteiger partial charge is 0.340 e. The van der Waals surface area contributed by atoms with Crippen molar-refractivity contribution in [1.29, 1.82) is 0 Å². The first-order valence-corrected chi connectivity index (χ1v) is 9.27. The van der Waals surface area contributed by atoms with Crippen LogP contribution in [0.5, 0.6) is 0 Å². The Hall–Kier alpha value is -2.67. The summed E-state index contributed by atoms with van der Waals surface area (Å²) in [6, 6.07) is 12.4. The van der Waals surface area contributed by atoms with Crippen molar-refractivity contribution in [2.24, 2.45) is 0 Å². The average Bonchev–Trinajstić information content (AvgIpc) is 3.09. The van der Waals surface area contributed by atoms with Crippen molar-refractivity contribution in [3.05, 3.63) is 78.1 Å². The Labute approximate surface area is 160 Å². The Morgan fingerprint density at radius 3 is 2.59 bits per heavy atom. The van der Waals surface area contributed by atoms with Crippen molar-refractivity contribution in [1.82, 2.24) is 14.5 Å². The molecule has 7 heteroatoms. The standard InChI is InChI=1S/C20H19F2N3OS/c1-14(19(26)24(2)13-15-5-3-6-16(21)11-15)27-20-23-9-10-25(20)18-8-4-7-17(22)12-18/h3-12,14H,13H2,1-2H3. The van der Waals surface area contributed by atoms with Gasteiger partial charge in [-0.2, -0.15) is 0 Å². The Morgan fingerprint density at radius 2 is 1.89 bits per heavy atom. The molecule has 1 heterocycles. The molecule has 0 saturated heterocycles. The molecule has 1 amide bonds. The van der Waals surface area contributed by atoms with Crippen LogP contribution in [0, 0.1) is 11.6 Å². The summed E-state index contributed by atoms with van der Waals surface area (Å²) in [5.41, 5.74) is 1.37. The zero-order chi connectivity index (χ0) is 19.4. The maximum Gasteiger partial charge on any atom is 0.235 e. The second-order valence-corrected chi connectivity index (χ2v) is 7.45. The number of benzene rings is 2. The van der Waals surface area contributed by atoms with E-state index in [1.807, 2.05) is 0 Å². The van der Waals surface area contributed by atoms with Crippen molar-refractivity contribution in [2.45, 2.75) is 23.9 Å². The Morgan fingerprint density at radius 1 is 1.19 bits per heavy atom. The van der Waals surface area contributed by atoms with E-state index >= 15 is 0 Å². The van der Waals surface area contributed by atoms with Crippen LogP contribution in [-0.2, 0) is 11.3 Å². The SMILES string of the molecule is CC(Sc1nccn1-c1cccc(F)c1)C(=O)N(C)Cc1cccc(F)c1. The molecule has 0 bridgehead atoms. The van der Waals surface area contributed by atoms with Crippen LogP contribution in [0.4, 0.5) is 8.78 Å². The zero-order valence-corrected chi connectivity index (χ0v) is 15.8. The third-order valence-corrected chi connectivity index (χ3v) is 5.08. The van der Waals surface area contributed by atoms with E-state index in [1.165, 1.54) is 36.0 Å². The average molecular weight is 387 g/mol. The van der Waals surface area contributed by atoms with E-state index in [0.717, 1.165) is 5.56 Å². The van der Waals surface area contributed by atoms with Crippen molar-refractivity contribution < 1.29 is 13.6 Å². The molecule has 0 aliphatic carbocycles. The first-order chi connectivity index (χ1) is 12.9. The van der Waals surface area contributed by atoms with Gasteiger partial charge in [0.05, 0.1) is 10.9 Å². The van der Waals surface area contributed by atoms with E-state index in [4.69, 9.17) is 0 Å². The zero-order valence-electron chi connectivity index (χ0n) is 15.0. The maximum atomic E-state index is 13.5. The summed E-state index contributed by atoms with van der Waals surface area (Å²) >= 11 is 1.29. The first-order valence-electron chi connectivity index (χ1n) is 8.39. The number of rotatable bonds is 6. The van der Waals surface area contributed by atoms with E-state index in [-0.39, 0.29) is 17.5 Å². The molecule has 0 N–H and O–H groups in total. The topological polar surface area (TPSA) is 38.1 Å². The Kier molecular flexibility index (Phi) is 5.91. The van der Waals surface area contributed by atoms with E-state index < -0.39 is 5.25 Å². The number of thioether (sulfide) groups is 1. The summed E-state index contributed by atoms with van der Waals surface area (Å²) in [7, 11) is 1.68. The predicted octanol–water partition coefficient (Wildman–Crippen LogP) is 4.29. The molecule has 3 aromatic rings. The van der Waals surface area contributed by atoms with E-state index in [2.05, 4.69) is 4.98 Å². The lowest BCUT2D eigenvalue weighted by atomic mass is 10.2. The van der Waals surface area contributed by atoms with E-state index in [0.29, 0.717) is 17.4 Å². The van der Waals surface area contributed by atoms with Gasteiger partial charge in [-0.05, 0) is 42.8 Å². The molecule has 4 nitrogen and oxygen atoms in total. The third-order valence-electron chi connectivity index (χ3n) is 4.01. The van der Waals surface area contributed by atoms with Crippen LogP contribution in [0.1, 0.15) is 12.5 Å². The van der Waals surface area contributed by atoms with Gasteiger partial charge in [-0.1, -0.05) is 30.0 Å². The van der Waals surface area contributed by atoms with Crippen LogP contribution < -0.4 is 0 Å². The number of nitrogens with zero attached hydrogens (tertiary/aromatic N) is 3. The minimum atomic E-state index is -0.404. The predicted molar refractivity (Wildman–Crippen MR) is 102 cm³/mol. The summed E-state index contributed by atoms with van der Waals surface area (Å²) < 4.78 is 28.6. The minimum absolute atomic E-state index is 0.0990. The number of aromatic nitrogens is 2.